The monoisotopic (exact) mass is 316 g/mol. The molecule has 0 radical (unpaired) electrons. The van der Waals surface area contributed by atoms with Gasteiger partial charge < -0.3 is 5.11 Å². The normalized spacial score (nSPS) is 17.6. The number of aryl methyl sites for hydroxylation is 1. The Labute approximate surface area is 122 Å². The summed E-state index contributed by atoms with van der Waals surface area (Å²) >= 11 is 0. The van der Waals surface area contributed by atoms with Gasteiger partial charge in [0.2, 0.25) is 0 Å². The van der Waals surface area contributed by atoms with Crippen LogP contribution in [0.1, 0.15) is 18.4 Å². The van der Waals surface area contributed by atoms with Crippen LogP contribution in [0.3, 0.4) is 0 Å². The minimum Gasteiger partial charge on any atom is -0.481 e. The third kappa shape index (κ3) is 3.51. The predicted molar refractivity (Wildman–Crippen MR) is 75.6 cm³/mol. The molecule has 1 aromatic carbocycles. The summed E-state index contributed by atoms with van der Waals surface area (Å²) in [5, 5.41) is 8.90. The second kappa shape index (κ2) is 5.98. The number of carbonyl (C=O) groups is 1. The van der Waals surface area contributed by atoms with Gasteiger partial charge in [0.25, 0.3) is 0 Å². The molecular weight excluding hydrogens is 299 g/mol. The molecular formula is C13H17FN2O4S. The minimum absolute atomic E-state index is 0.0714. The minimum atomic E-state index is -3.88. The van der Waals surface area contributed by atoms with Gasteiger partial charge in [0.1, 0.15) is 5.82 Å². The summed E-state index contributed by atoms with van der Waals surface area (Å²) < 4.78 is 41.6. The van der Waals surface area contributed by atoms with Crippen molar-refractivity contribution >= 4 is 21.9 Å². The van der Waals surface area contributed by atoms with Crippen molar-refractivity contribution in [3.05, 3.63) is 29.6 Å². The molecule has 1 aliphatic heterocycles. The largest absolute Gasteiger partial charge is 0.481 e. The zero-order valence-electron chi connectivity index (χ0n) is 11.5. The van der Waals surface area contributed by atoms with Crippen LogP contribution < -0.4 is 4.72 Å². The molecule has 0 aromatic heterocycles. The van der Waals surface area contributed by atoms with E-state index < -0.39 is 27.9 Å². The van der Waals surface area contributed by atoms with Crippen LogP contribution in [0.25, 0.3) is 0 Å². The molecule has 0 bridgehead atoms. The molecule has 8 heteroatoms. The van der Waals surface area contributed by atoms with E-state index in [9.17, 15) is 17.6 Å². The van der Waals surface area contributed by atoms with Gasteiger partial charge in [0.15, 0.2) is 0 Å². The third-order valence-electron chi connectivity index (χ3n) is 3.60. The SMILES string of the molecule is Cc1cccc(F)c1NS(=O)(=O)N1CCC(C(=O)O)CC1. The predicted octanol–water partition coefficient (Wildman–Crippen LogP) is 1.59. The molecule has 0 atom stereocenters. The standard InChI is InChI=1S/C13H17FN2O4S/c1-9-3-2-4-11(14)12(9)15-21(19,20)16-7-5-10(6-8-16)13(17)18/h2-4,10,15H,5-8H2,1H3,(H,17,18). The lowest BCUT2D eigenvalue weighted by atomic mass is 9.99. The Kier molecular flexibility index (Phi) is 4.48. The second-order valence-corrected chi connectivity index (χ2v) is 6.72. The smallest absolute Gasteiger partial charge is 0.306 e. The lowest BCUT2D eigenvalue weighted by Gasteiger charge is -2.29. The number of rotatable bonds is 4. The van der Waals surface area contributed by atoms with Crippen LogP contribution in [0.2, 0.25) is 0 Å². The molecule has 1 heterocycles. The summed E-state index contributed by atoms with van der Waals surface area (Å²) in [6.45, 7) is 1.83. The molecule has 21 heavy (non-hydrogen) atoms. The van der Waals surface area contributed by atoms with E-state index in [2.05, 4.69) is 4.72 Å². The van der Waals surface area contributed by atoms with Gasteiger partial charge >= 0.3 is 16.2 Å². The Morgan fingerprint density at radius 3 is 2.52 bits per heavy atom. The fourth-order valence-electron chi connectivity index (χ4n) is 2.30. The first-order valence-electron chi connectivity index (χ1n) is 6.57. The first-order chi connectivity index (χ1) is 9.81. The molecule has 1 saturated heterocycles. The number of carboxylic acid groups (broad SMARTS) is 1. The van der Waals surface area contributed by atoms with E-state index in [-0.39, 0.29) is 31.6 Å². The highest BCUT2D eigenvalue weighted by atomic mass is 32.2. The highest BCUT2D eigenvalue weighted by Crippen LogP contribution is 2.24. The second-order valence-electron chi connectivity index (χ2n) is 5.05. The Balaban J connectivity index is 2.11. The number of para-hydroxylation sites is 1. The Morgan fingerprint density at radius 2 is 2.00 bits per heavy atom. The van der Waals surface area contributed by atoms with Crippen molar-refractivity contribution < 1.29 is 22.7 Å². The van der Waals surface area contributed by atoms with Gasteiger partial charge in [-0.3, -0.25) is 9.52 Å². The number of aliphatic carboxylic acids is 1. The number of anilines is 1. The van der Waals surface area contributed by atoms with Crippen molar-refractivity contribution in [2.24, 2.45) is 5.92 Å². The fourth-order valence-corrected chi connectivity index (χ4v) is 3.63. The van der Waals surface area contributed by atoms with Crippen LogP contribution in [0, 0.1) is 18.7 Å². The van der Waals surface area contributed by atoms with E-state index in [4.69, 9.17) is 5.11 Å². The van der Waals surface area contributed by atoms with Gasteiger partial charge in [0.05, 0.1) is 11.6 Å². The molecule has 2 rings (SSSR count). The van der Waals surface area contributed by atoms with Crippen LogP contribution in [-0.2, 0) is 15.0 Å². The van der Waals surface area contributed by atoms with Crippen molar-refractivity contribution in [1.29, 1.82) is 0 Å². The van der Waals surface area contributed by atoms with Crippen LogP contribution in [0.15, 0.2) is 18.2 Å². The number of hydrogen-bond donors (Lipinski definition) is 2. The van der Waals surface area contributed by atoms with Crippen LogP contribution in [0.5, 0.6) is 0 Å². The molecule has 1 aromatic rings. The average Bonchev–Trinajstić information content (AvgIpc) is 2.43. The quantitative estimate of drug-likeness (QED) is 0.883. The first kappa shape index (κ1) is 15.7. The molecule has 1 aliphatic rings. The maximum atomic E-state index is 13.7. The summed E-state index contributed by atoms with van der Waals surface area (Å²) in [5.41, 5.74) is 0.414. The third-order valence-corrected chi connectivity index (χ3v) is 5.10. The molecule has 0 amide bonds. The maximum absolute atomic E-state index is 13.7. The van der Waals surface area contributed by atoms with Crippen LogP contribution >= 0.6 is 0 Å². The highest BCUT2D eigenvalue weighted by Gasteiger charge is 2.31. The van der Waals surface area contributed by atoms with Crippen LogP contribution in [0.4, 0.5) is 10.1 Å². The maximum Gasteiger partial charge on any atom is 0.306 e. The van der Waals surface area contributed by atoms with E-state index in [1.807, 2.05) is 0 Å². The van der Waals surface area contributed by atoms with E-state index in [1.165, 1.54) is 12.1 Å². The van der Waals surface area contributed by atoms with E-state index >= 15 is 0 Å². The summed E-state index contributed by atoms with van der Waals surface area (Å²) in [4.78, 5) is 10.9. The molecule has 1 fully saturated rings. The van der Waals surface area contributed by atoms with Gasteiger partial charge in [0, 0.05) is 13.1 Å². The van der Waals surface area contributed by atoms with Crippen LogP contribution in [-0.4, -0.2) is 36.9 Å². The van der Waals surface area contributed by atoms with Crippen molar-refractivity contribution in [2.45, 2.75) is 19.8 Å². The fraction of sp³-hybridized carbons (Fsp3) is 0.462. The van der Waals surface area contributed by atoms with Gasteiger partial charge in [-0.15, -0.1) is 0 Å². The molecule has 2 N–H and O–H groups in total. The van der Waals surface area contributed by atoms with Crippen molar-refractivity contribution in [3.8, 4) is 0 Å². The lowest BCUT2D eigenvalue weighted by molar-refractivity contribution is -0.142. The zero-order chi connectivity index (χ0) is 15.6. The number of carboxylic acids is 1. The Bertz CT molecular complexity index is 619. The first-order valence-corrected chi connectivity index (χ1v) is 8.01. The Morgan fingerprint density at radius 1 is 1.38 bits per heavy atom. The number of nitrogens with one attached hydrogen (secondary N) is 1. The molecule has 0 unspecified atom stereocenters. The van der Waals surface area contributed by atoms with Gasteiger partial charge in [-0.1, -0.05) is 12.1 Å². The number of nitrogens with zero attached hydrogens (tertiary/aromatic N) is 1. The molecule has 116 valence electrons. The number of benzene rings is 1. The summed E-state index contributed by atoms with van der Waals surface area (Å²) in [6, 6.07) is 4.29. The van der Waals surface area contributed by atoms with Gasteiger partial charge in [-0.2, -0.15) is 12.7 Å². The number of piperidine rings is 1. The van der Waals surface area contributed by atoms with Crippen molar-refractivity contribution in [1.82, 2.24) is 4.31 Å². The van der Waals surface area contributed by atoms with Crippen molar-refractivity contribution in [3.63, 3.8) is 0 Å². The molecule has 0 saturated carbocycles. The van der Waals surface area contributed by atoms with Gasteiger partial charge in [-0.25, -0.2) is 4.39 Å². The topological polar surface area (TPSA) is 86.7 Å². The van der Waals surface area contributed by atoms with E-state index in [0.717, 1.165) is 4.31 Å². The summed E-state index contributed by atoms with van der Waals surface area (Å²) in [5.74, 6) is -2.07. The molecule has 6 nitrogen and oxygen atoms in total. The number of hydrogen-bond acceptors (Lipinski definition) is 3. The van der Waals surface area contributed by atoms with E-state index in [1.54, 1.807) is 13.0 Å². The number of halogens is 1. The van der Waals surface area contributed by atoms with Crippen molar-refractivity contribution in [2.75, 3.05) is 17.8 Å². The van der Waals surface area contributed by atoms with E-state index in [0.29, 0.717) is 5.56 Å². The molecule has 0 aliphatic carbocycles. The van der Waals surface area contributed by atoms with Gasteiger partial charge in [-0.05, 0) is 31.4 Å². The molecule has 0 spiro atoms. The summed E-state index contributed by atoms with van der Waals surface area (Å²) in [7, 11) is -3.88. The summed E-state index contributed by atoms with van der Waals surface area (Å²) in [6.07, 6.45) is 0.513. The highest BCUT2D eigenvalue weighted by molar-refractivity contribution is 7.90. The lowest BCUT2D eigenvalue weighted by Crippen LogP contribution is -2.43. The zero-order valence-corrected chi connectivity index (χ0v) is 12.4. The average molecular weight is 316 g/mol. The Hall–Kier alpha value is -1.67.